The van der Waals surface area contributed by atoms with Crippen LogP contribution in [-0.4, -0.2) is 236 Å². The number of ether oxygens (including phenoxy) is 5. The van der Waals surface area contributed by atoms with E-state index in [4.69, 9.17) is 23.7 Å². The molecule has 5 aromatic rings. The Labute approximate surface area is 571 Å². The van der Waals surface area contributed by atoms with Gasteiger partial charge in [-0.25, -0.2) is 19.3 Å². The van der Waals surface area contributed by atoms with E-state index < -0.39 is 75.9 Å². The molecular weight excluding hydrogens is 1300 g/mol. The minimum Gasteiger partial charge on any atom is -0.391 e. The summed E-state index contributed by atoms with van der Waals surface area (Å²) in [6, 6.07) is 9.13. The number of piperazine rings is 2. The maximum atomic E-state index is 16.3. The number of aromatic nitrogens is 4. The van der Waals surface area contributed by atoms with Crippen molar-refractivity contribution in [1.82, 2.24) is 50.2 Å². The van der Waals surface area contributed by atoms with Crippen LogP contribution in [0.3, 0.4) is 0 Å². The van der Waals surface area contributed by atoms with Crippen molar-refractivity contribution in [3.05, 3.63) is 122 Å². The summed E-state index contributed by atoms with van der Waals surface area (Å²) in [5.41, 5.74) is 2.94. The maximum Gasteiger partial charge on any atom is 0.417 e. The molecule has 0 aliphatic carbocycles. The van der Waals surface area contributed by atoms with Crippen molar-refractivity contribution < 1.29 is 70.3 Å². The molecule has 5 amide bonds. The summed E-state index contributed by atoms with van der Waals surface area (Å²) in [4.78, 5) is 107. The number of hydrogen-bond donors (Lipinski definition) is 5. The lowest BCUT2D eigenvalue weighted by atomic mass is 9.85. The average molecular weight is 1390 g/mol. The molecule has 5 N–H and O–H groups in total. The van der Waals surface area contributed by atoms with E-state index in [1.807, 2.05) is 88.7 Å². The van der Waals surface area contributed by atoms with Gasteiger partial charge in [0.1, 0.15) is 31.1 Å². The van der Waals surface area contributed by atoms with Crippen LogP contribution in [-0.2, 0) is 62.1 Å². The molecular formula is C68H89F4N13O12S. The maximum absolute atomic E-state index is 16.3. The molecule has 3 aromatic heterocycles. The van der Waals surface area contributed by atoms with Gasteiger partial charge < -0.3 is 69.3 Å². The molecule has 0 unspecified atom stereocenters. The molecule has 0 radical (unpaired) electrons. The Kier molecular flexibility index (Phi) is 26.1. The van der Waals surface area contributed by atoms with Crippen LogP contribution in [0.5, 0.6) is 0 Å². The number of pyridine rings is 1. The Hall–Kier alpha value is -7.81. The number of aryl methyl sites for hydroxylation is 1. The third-order valence-electron chi connectivity index (χ3n) is 17.8. The number of likely N-dealkylation sites (tertiary alicyclic amines) is 1. The van der Waals surface area contributed by atoms with Crippen molar-refractivity contribution in [2.24, 2.45) is 5.41 Å². The van der Waals surface area contributed by atoms with Gasteiger partial charge in [0.05, 0.1) is 97.5 Å². The second-order valence-corrected chi connectivity index (χ2v) is 26.9. The van der Waals surface area contributed by atoms with Crippen LogP contribution in [0, 0.1) is 18.2 Å². The van der Waals surface area contributed by atoms with Gasteiger partial charge in [-0.2, -0.15) is 13.2 Å². The first-order chi connectivity index (χ1) is 46.8. The van der Waals surface area contributed by atoms with Gasteiger partial charge in [0.25, 0.3) is 5.91 Å². The first-order valence-corrected chi connectivity index (χ1v) is 33.8. The van der Waals surface area contributed by atoms with Crippen molar-refractivity contribution in [2.45, 2.75) is 104 Å². The molecule has 4 aliphatic rings. The molecule has 9 rings (SSSR count). The van der Waals surface area contributed by atoms with Crippen LogP contribution in [0.4, 0.5) is 34.9 Å². The SMILES string of the molecule is Cc1ncsc1-c1ccc(CNC(=O)[C@@H]2C[C@@H](O)CN2C(=O)[C@@H](NC(=O)COCCOCCOCCOCCOCC(=O)N2CCN(Cc3cnc(N4CC=C(c5cc(NC(=O)c6c[nH]c(=O)cc6C(F)(F)F)c(N6C[C@@H](C)N(C)[C@@H](C)C6)cc5F)CC4)nc3)CC2)C(C)(C)C)cc1. The summed E-state index contributed by atoms with van der Waals surface area (Å²) >= 11 is 1.56. The van der Waals surface area contributed by atoms with E-state index in [2.05, 4.69) is 45.7 Å². The first-order valence-electron chi connectivity index (χ1n) is 32.9. The minimum atomic E-state index is -4.98. The largest absolute Gasteiger partial charge is 0.417 e. The van der Waals surface area contributed by atoms with Crippen LogP contribution in [0.25, 0.3) is 16.0 Å². The van der Waals surface area contributed by atoms with E-state index >= 15 is 4.39 Å². The number of aliphatic hydroxyl groups is 1. The molecule has 7 heterocycles. The highest BCUT2D eigenvalue weighted by molar-refractivity contribution is 7.13. The summed E-state index contributed by atoms with van der Waals surface area (Å²) in [5, 5.41) is 18.9. The fourth-order valence-corrected chi connectivity index (χ4v) is 12.9. The number of benzene rings is 2. The predicted octanol–water partition coefficient (Wildman–Crippen LogP) is 5.37. The molecule has 30 heteroatoms. The second-order valence-electron chi connectivity index (χ2n) is 26.1. The van der Waals surface area contributed by atoms with E-state index in [1.54, 1.807) is 34.1 Å². The molecule has 0 saturated carbocycles. The molecule has 3 fully saturated rings. The van der Waals surface area contributed by atoms with Gasteiger partial charge in [0.2, 0.25) is 35.1 Å². The lowest BCUT2D eigenvalue weighted by Crippen LogP contribution is -2.58. The van der Waals surface area contributed by atoms with Gasteiger partial charge in [-0.3, -0.25) is 38.6 Å². The minimum absolute atomic E-state index is 0.0415. The number of halogens is 4. The predicted molar refractivity (Wildman–Crippen MR) is 360 cm³/mol. The summed E-state index contributed by atoms with van der Waals surface area (Å²) in [7, 11) is 1.98. The third kappa shape index (κ3) is 20.2. The zero-order valence-electron chi connectivity index (χ0n) is 56.5. The van der Waals surface area contributed by atoms with Crippen LogP contribution in [0.2, 0.25) is 0 Å². The van der Waals surface area contributed by atoms with Crippen LogP contribution >= 0.6 is 11.3 Å². The molecule has 25 nitrogen and oxygen atoms in total. The van der Waals surface area contributed by atoms with Crippen LogP contribution in [0.1, 0.15) is 85.8 Å². The van der Waals surface area contributed by atoms with Crippen LogP contribution in [0.15, 0.2) is 77.4 Å². The number of carbonyl (C=O) groups is 5. The van der Waals surface area contributed by atoms with E-state index in [9.17, 15) is 47.0 Å². The monoisotopic (exact) mass is 1390 g/mol. The standard InChI is InChI=1S/C68H89F4N13O12S/c1-43-36-84(37-44(2)80(43)7)56-31-54(69)51(29-55(56)78-63(90)52-35-73-58(87)30-53(52)68(70,71)72)48-12-14-83(15-13-48)66-75-33-47(34-76-66)38-81-16-18-82(19-17-81)60(89)41-97-27-25-95-23-21-93-20-22-94-24-26-96-40-59(88)79-62(67(4,5)6)65(92)85-39-50(86)28-57(85)64(91)74-32-46-8-10-49(11-9-46)61-45(3)77-42-98-61/h8-12,29-31,33-35,42-44,50,57,62,86H,13-28,32,36-41H2,1-7H3,(H,73,87)(H,74,91)(H,78,90)(H,79,88)/t43-,44+,50-,57+,62-/m1/s1. The van der Waals surface area contributed by atoms with Crippen LogP contribution < -0.4 is 31.3 Å². The summed E-state index contributed by atoms with van der Waals surface area (Å²) in [5.74, 6) is -2.67. The number of β-amino-alcohol motifs (C(OH)–C–C–N with tert-alkyl or cyclic N) is 1. The molecule has 5 atom stereocenters. The number of nitrogens with zero attached hydrogens (tertiary/aromatic N) is 9. The lowest BCUT2D eigenvalue weighted by Gasteiger charge is -2.44. The normalized spacial score (nSPS) is 19.2. The molecule has 4 aliphatic heterocycles. The Bertz CT molecular complexity index is 3610. The molecule has 532 valence electrons. The Balaban J connectivity index is 0.607. The number of H-pyrrole nitrogens is 1. The smallest absolute Gasteiger partial charge is 0.391 e. The van der Waals surface area contributed by atoms with E-state index in [0.717, 1.165) is 33.5 Å². The Morgan fingerprint density at radius 1 is 0.796 bits per heavy atom. The average Bonchev–Trinajstić information content (AvgIpc) is 1.05. The lowest BCUT2D eigenvalue weighted by molar-refractivity contribution is -0.144. The highest BCUT2D eigenvalue weighted by Gasteiger charge is 2.45. The molecule has 0 spiro atoms. The van der Waals surface area contributed by atoms with E-state index in [0.29, 0.717) is 108 Å². The van der Waals surface area contributed by atoms with Gasteiger partial charge in [-0.05, 0) is 68.5 Å². The quantitative estimate of drug-likeness (QED) is 0.0297. The second kappa shape index (κ2) is 34.3. The van der Waals surface area contributed by atoms with Gasteiger partial charge in [0, 0.05) is 126 Å². The van der Waals surface area contributed by atoms with Crippen molar-refractivity contribution in [3.63, 3.8) is 0 Å². The number of amides is 5. The number of alkyl halides is 3. The van der Waals surface area contributed by atoms with Gasteiger partial charge in [-0.1, -0.05) is 51.1 Å². The Morgan fingerprint density at radius 2 is 1.43 bits per heavy atom. The van der Waals surface area contributed by atoms with E-state index in [-0.39, 0.29) is 95.0 Å². The number of carbonyl (C=O) groups excluding carboxylic acids is 5. The third-order valence-corrected chi connectivity index (χ3v) is 18.8. The number of nitrogens with one attached hydrogen (secondary N) is 4. The number of hydrogen-bond acceptors (Lipinski definition) is 20. The highest BCUT2D eigenvalue weighted by atomic mass is 32.1. The Morgan fingerprint density at radius 3 is 2.02 bits per heavy atom. The number of thiazole rings is 1. The topological polar surface area (TPSA) is 279 Å². The fourth-order valence-electron chi connectivity index (χ4n) is 12.1. The van der Waals surface area contributed by atoms with Crippen molar-refractivity contribution >= 4 is 63.8 Å². The van der Waals surface area contributed by atoms with Gasteiger partial charge in [0.15, 0.2) is 0 Å². The fraction of sp³-hybridized carbons (Fsp3) is 0.544. The molecule has 3 saturated heterocycles. The number of likely N-dealkylation sites (N-methyl/N-ethyl adjacent to an activating group) is 1. The summed E-state index contributed by atoms with van der Waals surface area (Å²) in [6.45, 7) is 17.8. The zero-order valence-corrected chi connectivity index (χ0v) is 57.3. The van der Waals surface area contributed by atoms with Crippen molar-refractivity contribution in [1.29, 1.82) is 0 Å². The molecule has 0 bridgehead atoms. The number of anilines is 3. The van der Waals surface area contributed by atoms with E-state index in [1.165, 1.54) is 17.0 Å². The number of aromatic amines is 1. The first kappa shape index (κ1) is 74.4. The summed E-state index contributed by atoms with van der Waals surface area (Å²) < 4.78 is 86.2. The summed E-state index contributed by atoms with van der Waals surface area (Å²) in [6.07, 6.45) is 0.669. The van der Waals surface area contributed by atoms with Gasteiger partial charge in [-0.15, -0.1) is 11.3 Å². The number of rotatable bonds is 29. The highest BCUT2D eigenvalue weighted by Crippen LogP contribution is 2.38. The number of aliphatic hydroxyl groups excluding tert-OH is 1. The van der Waals surface area contributed by atoms with Gasteiger partial charge >= 0.3 is 6.18 Å². The van der Waals surface area contributed by atoms with Crippen molar-refractivity contribution in [3.8, 4) is 10.4 Å². The molecule has 98 heavy (non-hydrogen) atoms. The zero-order chi connectivity index (χ0) is 70.3. The van der Waals surface area contributed by atoms with Crippen molar-refractivity contribution in [2.75, 3.05) is 147 Å². The molecule has 2 aromatic carbocycles.